The van der Waals surface area contributed by atoms with E-state index in [1.807, 2.05) is 42.6 Å². The first kappa shape index (κ1) is 47.3. The van der Waals surface area contributed by atoms with E-state index in [-0.39, 0.29) is 43.0 Å². The summed E-state index contributed by atoms with van der Waals surface area (Å²) >= 11 is 0. The molecule has 4 aliphatic heterocycles. The molecule has 0 saturated heterocycles. The molecule has 18 nitrogen and oxygen atoms in total. The number of aliphatic imine (C=N–C) groups is 2. The second kappa shape index (κ2) is 20.4. The van der Waals surface area contributed by atoms with Crippen molar-refractivity contribution in [3.8, 4) is 28.7 Å². The number of rotatable bonds is 17. The largest absolute Gasteiger partial charge is 0.497 e. The Labute approximate surface area is 398 Å². The molecule has 4 aromatic rings. The Bertz CT molecular complexity index is 2790. The summed E-state index contributed by atoms with van der Waals surface area (Å²) in [6.07, 6.45) is 7.48. The van der Waals surface area contributed by atoms with Crippen LogP contribution in [0.2, 0.25) is 0 Å². The van der Waals surface area contributed by atoms with Crippen LogP contribution in [-0.4, -0.2) is 116 Å². The number of nitrogens with one attached hydrogen (secondary N) is 3. The molecular formula is C51H53N7O11. The fourth-order valence-corrected chi connectivity index (χ4v) is 8.43. The number of hydrogen-bond acceptors (Lipinski definition) is 12. The zero-order valence-electron chi connectivity index (χ0n) is 39.0. The average Bonchev–Trinajstić information content (AvgIpc) is 3.93. The molecular weight excluding hydrogens is 887 g/mol. The highest BCUT2D eigenvalue weighted by atomic mass is 16.5. The predicted molar refractivity (Wildman–Crippen MR) is 258 cm³/mol. The number of fused-ring (bicyclic) bond motifs is 4. The first-order valence-corrected chi connectivity index (χ1v) is 22.5. The topological polar surface area (TPSA) is 219 Å². The maximum atomic E-state index is 14.0. The highest BCUT2D eigenvalue weighted by molar-refractivity contribution is 6.07. The summed E-state index contributed by atoms with van der Waals surface area (Å²) in [5, 5.41) is 16.6. The number of nitrogens with zero attached hydrogens (tertiary/aromatic N) is 4. The average molecular weight is 940 g/mol. The Kier molecular flexibility index (Phi) is 14.0. The van der Waals surface area contributed by atoms with Gasteiger partial charge in [-0.2, -0.15) is 0 Å². The minimum Gasteiger partial charge on any atom is -0.497 e. The molecule has 358 valence electrons. The van der Waals surface area contributed by atoms with Gasteiger partial charge >= 0.3 is 6.09 Å². The summed E-state index contributed by atoms with van der Waals surface area (Å²) in [7, 11) is 4.65. The highest BCUT2D eigenvalue weighted by Crippen LogP contribution is 2.42. The quantitative estimate of drug-likeness (QED) is 0.0774. The van der Waals surface area contributed by atoms with E-state index in [2.05, 4.69) is 16.0 Å². The molecule has 4 atom stereocenters. The third-order valence-corrected chi connectivity index (χ3v) is 12.2. The summed E-state index contributed by atoms with van der Waals surface area (Å²) in [6, 6.07) is 19.0. The maximum absolute atomic E-state index is 14.0. The first-order chi connectivity index (χ1) is 33.2. The second-order valence-corrected chi connectivity index (χ2v) is 17.1. The zero-order valence-corrected chi connectivity index (χ0v) is 39.0. The van der Waals surface area contributed by atoms with E-state index in [0.717, 1.165) is 28.0 Å². The van der Waals surface area contributed by atoms with Gasteiger partial charge in [-0.05, 0) is 71.5 Å². The monoisotopic (exact) mass is 939 g/mol. The van der Waals surface area contributed by atoms with Crippen LogP contribution in [0, 0.1) is 5.92 Å². The summed E-state index contributed by atoms with van der Waals surface area (Å²) in [6.45, 7) is 5.42. The zero-order chi connectivity index (χ0) is 48.9. The van der Waals surface area contributed by atoms with Gasteiger partial charge in [0.2, 0.25) is 11.8 Å². The number of ether oxygens (including phenoxy) is 5. The predicted octanol–water partition coefficient (Wildman–Crippen LogP) is 7.24. The molecule has 8 rings (SSSR count). The van der Waals surface area contributed by atoms with Gasteiger partial charge in [-0.15, -0.1) is 0 Å². The van der Waals surface area contributed by atoms with Crippen molar-refractivity contribution in [2.45, 2.75) is 64.2 Å². The first-order valence-electron chi connectivity index (χ1n) is 22.5. The maximum Gasteiger partial charge on any atom is 0.405 e. The van der Waals surface area contributed by atoms with Crippen molar-refractivity contribution < 1.29 is 52.8 Å². The van der Waals surface area contributed by atoms with E-state index in [9.17, 15) is 24.0 Å². The molecule has 0 radical (unpaired) electrons. The van der Waals surface area contributed by atoms with E-state index in [0.29, 0.717) is 70.4 Å². The minimum absolute atomic E-state index is 0.182. The van der Waals surface area contributed by atoms with Gasteiger partial charge in [0, 0.05) is 61.9 Å². The molecule has 4 aromatic carbocycles. The van der Waals surface area contributed by atoms with Crippen molar-refractivity contribution in [2.24, 2.45) is 15.9 Å². The lowest BCUT2D eigenvalue weighted by Crippen LogP contribution is -2.53. The minimum atomic E-state index is -1.33. The molecule has 4 N–H and O–H groups in total. The second-order valence-electron chi connectivity index (χ2n) is 17.1. The summed E-state index contributed by atoms with van der Waals surface area (Å²) in [4.78, 5) is 77.3. The molecule has 4 heterocycles. The van der Waals surface area contributed by atoms with E-state index in [4.69, 9.17) is 38.8 Å². The third-order valence-electron chi connectivity index (χ3n) is 12.2. The fourth-order valence-electron chi connectivity index (χ4n) is 8.43. The van der Waals surface area contributed by atoms with Crippen LogP contribution < -0.4 is 39.6 Å². The number of hydrogen-bond donors (Lipinski definition) is 4. The molecule has 0 aromatic heterocycles. The molecule has 18 heteroatoms. The smallest absolute Gasteiger partial charge is 0.405 e. The number of carboxylic acid groups (broad SMARTS) is 1. The normalized spacial score (nSPS) is 17.5. The number of anilines is 1. The van der Waals surface area contributed by atoms with Gasteiger partial charge in [-0.1, -0.05) is 38.1 Å². The van der Waals surface area contributed by atoms with Crippen molar-refractivity contribution in [1.82, 2.24) is 20.4 Å². The van der Waals surface area contributed by atoms with Crippen LogP contribution in [0.1, 0.15) is 71.9 Å². The van der Waals surface area contributed by atoms with Gasteiger partial charge in [-0.25, -0.2) is 4.79 Å². The molecule has 5 amide bonds. The molecule has 0 unspecified atom stereocenters. The van der Waals surface area contributed by atoms with Crippen molar-refractivity contribution in [3.05, 3.63) is 107 Å². The molecule has 0 aliphatic carbocycles. The Morgan fingerprint density at radius 1 is 0.667 bits per heavy atom. The summed E-state index contributed by atoms with van der Waals surface area (Å²) < 4.78 is 28.9. The Morgan fingerprint density at radius 3 is 1.61 bits per heavy atom. The Hall–Kier alpha value is -8.15. The Balaban J connectivity index is 0.855. The van der Waals surface area contributed by atoms with Crippen LogP contribution in [0.3, 0.4) is 0 Å². The van der Waals surface area contributed by atoms with Crippen LogP contribution in [0.15, 0.2) is 95.2 Å². The van der Waals surface area contributed by atoms with Gasteiger partial charge in [0.1, 0.15) is 17.8 Å². The lowest BCUT2D eigenvalue weighted by molar-refractivity contribution is -0.128. The van der Waals surface area contributed by atoms with Gasteiger partial charge in [0.05, 0.1) is 69.1 Å². The lowest BCUT2D eigenvalue weighted by Gasteiger charge is -2.22. The molecule has 4 aliphatic rings. The summed E-state index contributed by atoms with van der Waals surface area (Å²) in [5.74, 6) is 0.540. The Morgan fingerprint density at radius 2 is 1.16 bits per heavy atom. The van der Waals surface area contributed by atoms with Crippen molar-refractivity contribution >= 4 is 70.4 Å². The van der Waals surface area contributed by atoms with E-state index >= 15 is 0 Å². The number of amides is 5. The lowest BCUT2D eigenvalue weighted by atomic mass is 10.0. The van der Waals surface area contributed by atoms with Crippen molar-refractivity contribution in [2.75, 3.05) is 39.9 Å². The van der Waals surface area contributed by atoms with Crippen LogP contribution in [0.25, 0.3) is 11.1 Å². The van der Waals surface area contributed by atoms with Crippen molar-refractivity contribution in [1.29, 1.82) is 0 Å². The van der Waals surface area contributed by atoms with E-state index in [1.165, 1.54) is 21.1 Å². The fraction of sp³-hybridized carbons (Fsp3) is 0.314. The summed E-state index contributed by atoms with van der Waals surface area (Å²) in [5.41, 5.74) is 5.95. The van der Waals surface area contributed by atoms with Crippen LogP contribution >= 0.6 is 0 Å². The van der Waals surface area contributed by atoms with E-state index < -0.39 is 30.0 Å². The highest BCUT2D eigenvalue weighted by Gasteiger charge is 2.35. The number of methoxy groups -OCH3 is 3. The van der Waals surface area contributed by atoms with Crippen LogP contribution in [-0.2, 0) is 9.59 Å². The third kappa shape index (κ3) is 10.2. The standard InChI is InChI=1S/C51H53N7O11/c1-28(2)46(56-51(63)64)48(60)54-29(3)47(59)55-34-12-8-30(9-13-34)32-18-35-24-52-40-22-44(42(66-5)20-38(40)49(61)57(35)26-32)68-16-7-17-69-45-23-41-39(21-43(45)67-6)50(62)58-27-33(19-36(58)25-53-41)31-10-14-37(65-4)15-11-31/h8-15,20-29,35-36,46,56H,7,16-19H2,1-6H3,(H,54,60)(H,55,59)(H,63,64)/t29-,35-,36-,46-/m0/s1. The molecule has 0 bridgehead atoms. The number of benzene rings is 4. The van der Waals surface area contributed by atoms with Gasteiger partial charge in [0.25, 0.3) is 11.8 Å². The van der Waals surface area contributed by atoms with Gasteiger partial charge in [0.15, 0.2) is 23.0 Å². The van der Waals surface area contributed by atoms with Crippen molar-refractivity contribution in [3.63, 3.8) is 0 Å². The molecule has 69 heavy (non-hydrogen) atoms. The molecule has 0 saturated carbocycles. The van der Waals surface area contributed by atoms with Crippen LogP contribution in [0.4, 0.5) is 21.9 Å². The van der Waals surface area contributed by atoms with E-state index in [1.54, 1.807) is 85.8 Å². The van der Waals surface area contributed by atoms with Gasteiger partial charge < -0.3 is 54.5 Å². The molecule has 0 fully saturated rings. The van der Waals surface area contributed by atoms with Gasteiger partial charge in [-0.3, -0.25) is 29.2 Å². The SMILES string of the molecule is COc1ccc(C2=CN3C(=O)c4cc(OC)c(OCCCOc5cc6c(cc5OC)C(=O)N5C=C(c7ccc(NC(=O)[C@H](C)NC(=O)[C@@H](NC(=O)O)C(C)C)cc7)C[C@H]5C=N6)cc4N=C[C@@H]3C2)cc1. The van der Waals surface area contributed by atoms with Crippen LogP contribution in [0.5, 0.6) is 28.7 Å². The molecule has 0 spiro atoms. The number of carbonyl (C=O) groups is 5. The number of carbonyl (C=O) groups excluding carboxylic acids is 4.